The molecule has 6 heteroatoms. The number of benzene rings is 1. The number of nitrogens with one attached hydrogen (secondary N) is 3. The van der Waals surface area contributed by atoms with Crippen LogP contribution >= 0.6 is 12.2 Å². The van der Waals surface area contributed by atoms with Crippen molar-refractivity contribution in [1.82, 2.24) is 25.4 Å². The van der Waals surface area contributed by atoms with Gasteiger partial charge in [-0.15, -0.1) is 0 Å². The maximum Gasteiger partial charge on any atom is 0.213 e. The van der Waals surface area contributed by atoms with E-state index in [0.29, 0.717) is 10.6 Å². The lowest BCUT2D eigenvalue weighted by atomic mass is 10.1. The van der Waals surface area contributed by atoms with Crippen molar-refractivity contribution < 1.29 is 0 Å². The van der Waals surface area contributed by atoms with Crippen LogP contribution in [0.1, 0.15) is 5.56 Å². The van der Waals surface area contributed by atoms with Gasteiger partial charge in [-0.2, -0.15) is 10.1 Å². The molecule has 0 atom stereocenters. The van der Waals surface area contributed by atoms with Crippen molar-refractivity contribution in [1.29, 1.82) is 0 Å². The smallest absolute Gasteiger partial charge is 0.213 e. The highest BCUT2D eigenvalue weighted by Crippen LogP contribution is 2.21. The maximum absolute atomic E-state index is 4.92. The monoisotopic (exact) mass is 257 g/mol. The van der Waals surface area contributed by atoms with Crippen molar-refractivity contribution >= 4 is 12.2 Å². The molecule has 2 heterocycles. The van der Waals surface area contributed by atoms with Crippen molar-refractivity contribution in [3.05, 3.63) is 40.7 Å². The predicted molar refractivity (Wildman–Crippen MR) is 71.5 cm³/mol. The number of rotatable bonds is 2. The number of aromatic amines is 3. The standard InChI is InChI=1S/C12H11N5S/c1-7-2-4-8(5-3-7)9-6-10(15-14-9)11-13-12(18)17-16-11/h2-6H,1H3,(H,14,15)(H2,13,16,17,18). The van der Waals surface area contributed by atoms with Crippen LogP contribution < -0.4 is 0 Å². The topological polar surface area (TPSA) is 73.2 Å². The van der Waals surface area contributed by atoms with E-state index in [-0.39, 0.29) is 0 Å². The Hall–Kier alpha value is -2.21. The molecule has 0 aliphatic rings. The molecule has 0 amide bonds. The zero-order chi connectivity index (χ0) is 12.5. The summed E-state index contributed by atoms with van der Waals surface area (Å²) in [6, 6.07) is 10.1. The van der Waals surface area contributed by atoms with E-state index in [1.54, 1.807) is 0 Å². The van der Waals surface area contributed by atoms with Crippen LogP contribution in [0.2, 0.25) is 0 Å². The van der Waals surface area contributed by atoms with Crippen LogP contribution in [-0.2, 0) is 0 Å². The summed E-state index contributed by atoms with van der Waals surface area (Å²) in [5.74, 6) is 0.658. The van der Waals surface area contributed by atoms with Gasteiger partial charge in [0.05, 0.1) is 5.69 Å². The molecule has 0 unspecified atom stereocenters. The van der Waals surface area contributed by atoms with E-state index < -0.39 is 0 Å². The summed E-state index contributed by atoms with van der Waals surface area (Å²) in [7, 11) is 0. The molecule has 0 bridgehead atoms. The fourth-order valence-electron chi connectivity index (χ4n) is 1.71. The highest BCUT2D eigenvalue weighted by atomic mass is 32.1. The Bertz CT molecular complexity index is 719. The molecule has 3 N–H and O–H groups in total. The van der Waals surface area contributed by atoms with Gasteiger partial charge in [0.25, 0.3) is 0 Å². The SMILES string of the molecule is Cc1ccc(-c2cc(-c3nc(=S)[nH][nH]3)[nH]n2)cc1. The first-order chi connectivity index (χ1) is 8.72. The molecule has 5 nitrogen and oxygen atoms in total. The van der Waals surface area contributed by atoms with Crippen molar-refractivity contribution in [2.75, 3.05) is 0 Å². The normalized spacial score (nSPS) is 10.7. The van der Waals surface area contributed by atoms with E-state index in [2.05, 4.69) is 44.4 Å². The number of nitrogens with zero attached hydrogens (tertiary/aromatic N) is 2. The summed E-state index contributed by atoms with van der Waals surface area (Å²) >= 11 is 4.92. The highest BCUT2D eigenvalue weighted by molar-refractivity contribution is 7.71. The summed E-state index contributed by atoms with van der Waals surface area (Å²) in [6.45, 7) is 2.06. The van der Waals surface area contributed by atoms with Gasteiger partial charge in [0.1, 0.15) is 5.69 Å². The Morgan fingerprint density at radius 1 is 1.11 bits per heavy atom. The Morgan fingerprint density at radius 3 is 2.56 bits per heavy atom. The number of hydrogen-bond donors (Lipinski definition) is 3. The Kier molecular flexibility index (Phi) is 2.56. The van der Waals surface area contributed by atoms with Crippen molar-refractivity contribution in [2.24, 2.45) is 0 Å². The Balaban J connectivity index is 1.98. The average Bonchev–Trinajstić information content (AvgIpc) is 2.98. The molecule has 3 aromatic rings. The minimum atomic E-state index is 0.427. The van der Waals surface area contributed by atoms with E-state index in [9.17, 15) is 0 Å². The van der Waals surface area contributed by atoms with Gasteiger partial charge in [0.2, 0.25) is 4.77 Å². The molecular formula is C12H11N5S. The van der Waals surface area contributed by atoms with Gasteiger partial charge in [-0.25, -0.2) is 0 Å². The number of H-pyrrole nitrogens is 3. The van der Waals surface area contributed by atoms with E-state index in [1.165, 1.54) is 5.56 Å². The molecule has 18 heavy (non-hydrogen) atoms. The lowest BCUT2D eigenvalue weighted by molar-refractivity contribution is 1.05. The third-order valence-corrected chi connectivity index (χ3v) is 2.87. The molecule has 0 saturated heterocycles. The molecule has 0 aliphatic heterocycles. The van der Waals surface area contributed by atoms with Crippen LogP contribution in [0, 0.1) is 11.7 Å². The molecule has 3 rings (SSSR count). The van der Waals surface area contributed by atoms with Crippen LogP contribution in [0.3, 0.4) is 0 Å². The molecule has 0 radical (unpaired) electrons. The molecule has 2 aromatic heterocycles. The van der Waals surface area contributed by atoms with Crippen LogP contribution in [-0.4, -0.2) is 25.4 Å². The molecule has 0 fully saturated rings. The van der Waals surface area contributed by atoms with Crippen molar-refractivity contribution in [2.45, 2.75) is 6.92 Å². The number of aromatic nitrogens is 5. The zero-order valence-corrected chi connectivity index (χ0v) is 10.5. The van der Waals surface area contributed by atoms with Gasteiger partial charge in [-0.1, -0.05) is 29.8 Å². The summed E-state index contributed by atoms with van der Waals surface area (Å²) < 4.78 is 0.427. The fraction of sp³-hybridized carbons (Fsp3) is 0.0833. The van der Waals surface area contributed by atoms with Crippen LogP contribution in [0.25, 0.3) is 22.8 Å². The Labute approximate surface area is 108 Å². The first-order valence-corrected chi connectivity index (χ1v) is 5.91. The van der Waals surface area contributed by atoms with Gasteiger partial charge in [-0.3, -0.25) is 15.3 Å². The third kappa shape index (κ3) is 1.98. The highest BCUT2D eigenvalue weighted by Gasteiger charge is 2.07. The second-order valence-corrected chi connectivity index (χ2v) is 4.44. The summed E-state index contributed by atoms with van der Waals surface area (Å²) in [5, 5.41) is 12.8. The van der Waals surface area contributed by atoms with Gasteiger partial charge < -0.3 is 0 Å². The molecular weight excluding hydrogens is 246 g/mol. The second kappa shape index (κ2) is 4.23. The van der Waals surface area contributed by atoms with Gasteiger partial charge in [0.15, 0.2) is 5.82 Å². The second-order valence-electron chi connectivity index (χ2n) is 4.05. The minimum absolute atomic E-state index is 0.427. The fourth-order valence-corrected chi connectivity index (χ4v) is 1.86. The van der Waals surface area contributed by atoms with E-state index in [1.807, 2.05) is 18.2 Å². The largest absolute Gasteiger partial charge is 0.280 e. The lowest BCUT2D eigenvalue weighted by Gasteiger charge is -1.95. The lowest BCUT2D eigenvalue weighted by Crippen LogP contribution is -1.79. The van der Waals surface area contributed by atoms with Crippen molar-refractivity contribution in [3.8, 4) is 22.8 Å². The molecule has 0 aliphatic carbocycles. The molecule has 0 saturated carbocycles. The third-order valence-electron chi connectivity index (χ3n) is 2.68. The van der Waals surface area contributed by atoms with E-state index >= 15 is 0 Å². The van der Waals surface area contributed by atoms with Crippen LogP contribution in [0.15, 0.2) is 30.3 Å². The summed E-state index contributed by atoms with van der Waals surface area (Å²) in [6.07, 6.45) is 0. The average molecular weight is 257 g/mol. The van der Waals surface area contributed by atoms with E-state index in [0.717, 1.165) is 17.0 Å². The molecule has 0 spiro atoms. The zero-order valence-electron chi connectivity index (χ0n) is 9.69. The van der Waals surface area contributed by atoms with Gasteiger partial charge >= 0.3 is 0 Å². The number of aryl methyl sites for hydroxylation is 1. The summed E-state index contributed by atoms with van der Waals surface area (Å²) in [5.41, 5.74) is 3.98. The molecule has 90 valence electrons. The van der Waals surface area contributed by atoms with Crippen LogP contribution in [0.5, 0.6) is 0 Å². The minimum Gasteiger partial charge on any atom is -0.280 e. The predicted octanol–water partition coefficient (Wildman–Crippen LogP) is 2.83. The molecule has 1 aromatic carbocycles. The van der Waals surface area contributed by atoms with E-state index in [4.69, 9.17) is 12.2 Å². The first-order valence-electron chi connectivity index (χ1n) is 5.50. The van der Waals surface area contributed by atoms with Crippen LogP contribution in [0.4, 0.5) is 0 Å². The first kappa shape index (κ1) is 10.9. The maximum atomic E-state index is 4.92. The van der Waals surface area contributed by atoms with Crippen molar-refractivity contribution in [3.63, 3.8) is 0 Å². The van der Waals surface area contributed by atoms with Gasteiger partial charge in [0, 0.05) is 5.56 Å². The van der Waals surface area contributed by atoms with Gasteiger partial charge in [-0.05, 0) is 25.2 Å². The summed E-state index contributed by atoms with van der Waals surface area (Å²) in [4.78, 5) is 4.13. The Morgan fingerprint density at radius 2 is 1.89 bits per heavy atom. The quantitative estimate of drug-likeness (QED) is 0.618. The number of hydrogen-bond acceptors (Lipinski definition) is 3.